The van der Waals surface area contributed by atoms with Crippen LogP contribution in [0.25, 0.3) is 10.9 Å². The van der Waals surface area contributed by atoms with E-state index in [1.807, 2.05) is 11.6 Å². The second kappa shape index (κ2) is 5.28. The van der Waals surface area contributed by atoms with Gasteiger partial charge in [-0.05, 0) is 40.2 Å². The van der Waals surface area contributed by atoms with Crippen LogP contribution in [-0.4, -0.2) is 10.4 Å². The Balaban J connectivity index is 2.21. The first kappa shape index (κ1) is 14.3. The quantitative estimate of drug-likeness (QED) is 0.587. The molecule has 2 aromatic carbocycles. The molecular weight excluding hydrogens is 357 g/mol. The number of carbonyl (C=O) groups is 1. The largest absolute Gasteiger partial charge is 0.350 e. The molecule has 0 bridgehead atoms. The first-order valence-electron chi connectivity index (χ1n) is 6.22. The van der Waals surface area contributed by atoms with Gasteiger partial charge < -0.3 is 4.57 Å². The minimum Gasteiger partial charge on any atom is -0.350 e. The molecular formula is C16H10BrClFNO. The number of nitrogens with zero attached hydrogens (tertiary/aromatic N) is 1. The van der Waals surface area contributed by atoms with Gasteiger partial charge in [0.1, 0.15) is 5.82 Å². The Kier molecular flexibility index (Phi) is 3.59. The highest BCUT2D eigenvalue weighted by Crippen LogP contribution is 2.29. The number of rotatable bonds is 2. The molecule has 2 nitrogen and oxygen atoms in total. The molecule has 0 N–H and O–H groups in total. The number of hydrogen-bond acceptors (Lipinski definition) is 1. The second-order valence-electron chi connectivity index (χ2n) is 4.75. The zero-order valence-corrected chi connectivity index (χ0v) is 13.4. The number of hydrogen-bond donors (Lipinski definition) is 0. The van der Waals surface area contributed by atoms with Gasteiger partial charge >= 0.3 is 0 Å². The third-order valence-electron chi connectivity index (χ3n) is 3.39. The molecule has 0 radical (unpaired) electrons. The summed E-state index contributed by atoms with van der Waals surface area (Å²) < 4.78 is 15.6. The minimum absolute atomic E-state index is 0.181. The van der Waals surface area contributed by atoms with Gasteiger partial charge in [0.15, 0.2) is 5.78 Å². The van der Waals surface area contributed by atoms with Gasteiger partial charge in [-0.15, -0.1) is 0 Å². The fourth-order valence-electron chi connectivity index (χ4n) is 2.36. The van der Waals surface area contributed by atoms with Crippen LogP contribution in [0.4, 0.5) is 4.39 Å². The molecule has 0 aliphatic carbocycles. The number of aromatic nitrogens is 1. The summed E-state index contributed by atoms with van der Waals surface area (Å²) in [6.07, 6.45) is 1.74. The minimum atomic E-state index is -0.455. The van der Waals surface area contributed by atoms with E-state index in [0.717, 1.165) is 10.9 Å². The molecule has 0 spiro atoms. The average Bonchev–Trinajstić information content (AvgIpc) is 2.78. The van der Waals surface area contributed by atoms with Crippen LogP contribution < -0.4 is 0 Å². The molecule has 3 rings (SSSR count). The predicted octanol–water partition coefficient (Wildman–Crippen LogP) is 4.96. The van der Waals surface area contributed by atoms with E-state index < -0.39 is 5.82 Å². The molecule has 0 unspecified atom stereocenters. The second-order valence-corrected chi connectivity index (χ2v) is 5.98. The van der Waals surface area contributed by atoms with Crippen LogP contribution in [0.3, 0.4) is 0 Å². The summed E-state index contributed by atoms with van der Waals surface area (Å²) >= 11 is 9.12. The van der Waals surface area contributed by atoms with Gasteiger partial charge in [0.05, 0.1) is 4.47 Å². The summed E-state index contributed by atoms with van der Waals surface area (Å²) in [5.74, 6) is -0.682. The molecule has 0 aliphatic heterocycles. The van der Waals surface area contributed by atoms with Gasteiger partial charge in [-0.1, -0.05) is 23.7 Å². The normalized spacial score (nSPS) is 11.0. The van der Waals surface area contributed by atoms with Crippen molar-refractivity contribution in [3.8, 4) is 0 Å². The standard InChI is InChI=1S/C16H10BrClFNO/c1-20-8-12(10-6-5-9(18)7-14(10)20)16(21)11-3-2-4-13(19)15(11)17/h2-8H,1H3. The average molecular weight is 367 g/mol. The fourth-order valence-corrected chi connectivity index (χ4v) is 2.97. The maximum atomic E-state index is 13.6. The lowest BCUT2D eigenvalue weighted by molar-refractivity contribution is 0.103. The SMILES string of the molecule is Cn1cc(C(=O)c2cccc(F)c2Br)c2ccc(Cl)cc21. The number of halogens is 3. The van der Waals surface area contributed by atoms with Gasteiger partial charge in [0, 0.05) is 40.3 Å². The van der Waals surface area contributed by atoms with Crippen molar-refractivity contribution in [1.82, 2.24) is 4.57 Å². The van der Waals surface area contributed by atoms with E-state index in [9.17, 15) is 9.18 Å². The Morgan fingerprint density at radius 2 is 2.00 bits per heavy atom. The van der Waals surface area contributed by atoms with Crippen molar-refractivity contribution < 1.29 is 9.18 Å². The lowest BCUT2D eigenvalue weighted by Crippen LogP contribution is -2.02. The predicted molar refractivity (Wildman–Crippen MR) is 85.5 cm³/mol. The third-order valence-corrected chi connectivity index (χ3v) is 4.43. The number of ketones is 1. The Labute approximate surface area is 134 Å². The molecule has 21 heavy (non-hydrogen) atoms. The van der Waals surface area contributed by atoms with E-state index in [2.05, 4.69) is 15.9 Å². The number of aryl methyl sites for hydroxylation is 1. The molecule has 5 heteroatoms. The van der Waals surface area contributed by atoms with Gasteiger partial charge in [0.25, 0.3) is 0 Å². The summed E-state index contributed by atoms with van der Waals surface area (Å²) in [6.45, 7) is 0. The van der Waals surface area contributed by atoms with E-state index in [-0.39, 0.29) is 10.3 Å². The lowest BCUT2D eigenvalue weighted by atomic mass is 10.0. The summed E-state index contributed by atoms with van der Waals surface area (Å²) in [7, 11) is 1.84. The Bertz CT molecular complexity index is 872. The fraction of sp³-hybridized carbons (Fsp3) is 0.0625. The lowest BCUT2D eigenvalue weighted by Gasteiger charge is -2.03. The number of fused-ring (bicyclic) bond motifs is 1. The summed E-state index contributed by atoms with van der Waals surface area (Å²) in [4.78, 5) is 12.7. The molecule has 1 aromatic heterocycles. The van der Waals surface area contributed by atoms with Crippen molar-refractivity contribution in [3.05, 3.63) is 69.0 Å². The van der Waals surface area contributed by atoms with E-state index in [1.165, 1.54) is 12.1 Å². The summed E-state index contributed by atoms with van der Waals surface area (Å²) in [5.41, 5.74) is 1.69. The first-order valence-corrected chi connectivity index (χ1v) is 7.39. The van der Waals surface area contributed by atoms with Gasteiger partial charge in [-0.3, -0.25) is 4.79 Å². The van der Waals surface area contributed by atoms with Crippen molar-refractivity contribution in [2.75, 3.05) is 0 Å². The Hall–Kier alpha value is -1.65. The first-order chi connectivity index (χ1) is 9.99. The van der Waals surface area contributed by atoms with Crippen LogP contribution in [0.5, 0.6) is 0 Å². The highest BCUT2D eigenvalue weighted by Gasteiger charge is 2.19. The molecule has 3 aromatic rings. The zero-order chi connectivity index (χ0) is 15.1. The maximum Gasteiger partial charge on any atom is 0.196 e. The van der Waals surface area contributed by atoms with Crippen molar-refractivity contribution >= 4 is 44.2 Å². The van der Waals surface area contributed by atoms with Crippen LogP contribution in [0.2, 0.25) is 5.02 Å². The highest BCUT2D eigenvalue weighted by molar-refractivity contribution is 9.10. The van der Waals surface area contributed by atoms with E-state index in [1.54, 1.807) is 30.5 Å². The van der Waals surface area contributed by atoms with Crippen molar-refractivity contribution in [1.29, 1.82) is 0 Å². The van der Waals surface area contributed by atoms with Crippen molar-refractivity contribution in [2.45, 2.75) is 0 Å². The molecule has 0 saturated carbocycles. The van der Waals surface area contributed by atoms with E-state index >= 15 is 0 Å². The summed E-state index contributed by atoms with van der Waals surface area (Å²) in [6, 6.07) is 9.77. The monoisotopic (exact) mass is 365 g/mol. The van der Waals surface area contributed by atoms with Crippen LogP contribution in [-0.2, 0) is 7.05 Å². The van der Waals surface area contributed by atoms with E-state index in [4.69, 9.17) is 11.6 Å². The molecule has 0 atom stereocenters. The van der Waals surface area contributed by atoms with Crippen LogP contribution >= 0.6 is 27.5 Å². The smallest absolute Gasteiger partial charge is 0.196 e. The molecule has 1 heterocycles. The molecule has 106 valence electrons. The summed E-state index contributed by atoms with van der Waals surface area (Å²) in [5, 5.41) is 1.40. The van der Waals surface area contributed by atoms with Crippen LogP contribution in [0.1, 0.15) is 15.9 Å². The Morgan fingerprint density at radius 3 is 2.76 bits per heavy atom. The van der Waals surface area contributed by atoms with Crippen LogP contribution in [0, 0.1) is 5.82 Å². The number of carbonyl (C=O) groups excluding carboxylic acids is 1. The Morgan fingerprint density at radius 1 is 1.24 bits per heavy atom. The van der Waals surface area contributed by atoms with Crippen molar-refractivity contribution in [3.63, 3.8) is 0 Å². The third kappa shape index (κ3) is 2.39. The zero-order valence-electron chi connectivity index (χ0n) is 11.0. The topological polar surface area (TPSA) is 22.0 Å². The van der Waals surface area contributed by atoms with Crippen molar-refractivity contribution in [2.24, 2.45) is 7.05 Å². The van der Waals surface area contributed by atoms with E-state index in [0.29, 0.717) is 16.1 Å². The molecule has 0 aliphatic rings. The highest BCUT2D eigenvalue weighted by atomic mass is 79.9. The molecule has 0 saturated heterocycles. The van der Waals surface area contributed by atoms with Crippen LogP contribution in [0.15, 0.2) is 47.1 Å². The van der Waals surface area contributed by atoms with Gasteiger partial charge in [-0.25, -0.2) is 4.39 Å². The van der Waals surface area contributed by atoms with Gasteiger partial charge in [-0.2, -0.15) is 0 Å². The molecule has 0 amide bonds. The molecule has 0 fully saturated rings. The maximum absolute atomic E-state index is 13.6. The van der Waals surface area contributed by atoms with Gasteiger partial charge in [0.2, 0.25) is 0 Å². The number of benzene rings is 2.